The first kappa shape index (κ1) is 21.3. The van der Waals surface area contributed by atoms with Crippen LogP contribution in [0.1, 0.15) is 0 Å². The second-order valence-corrected chi connectivity index (χ2v) is 6.47. The van der Waals surface area contributed by atoms with E-state index in [-0.39, 0.29) is 75.6 Å². The second kappa shape index (κ2) is 7.26. The monoisotopic (exact) mass is 347 g/mol. The van der Waals surface area contributed by atoms with Crippen LogP contribution in [0.3, 0.4) is 0 Å². The molecule has 11 heteroatoms. The van der Waals surface area contributed by atoms with Crippen LogP contribution in [-0.4, -0.2) is 25.9 Å². The summed E-state index contributed by atoms with van der Waals surface area (Å²) in [6.07, 6.45) is 0. The number of benzene rings is 2. The quantitative estimate of drug-likeness (QED) is 0.324. The Labute approximate surface area is 166 Å². The maximum atomic E-state index is 11.1. The summed E-state index contributed by atoms with van der Waals surface area (Å²) in [5.41, 5.74) is 5.12. The first-order valence-corrected chi connectivity index (χ1v) is 7.66. The van der Waals surface area contributed by atoms with E-state index < -0.39 is 30.0 Å². The summed E-state index contributed by atoms with van der Waals surface area (Å²) in [5.74, 6) is 0. The van der Waals surface area contributed by atoms with E-state index in [1.165, 1.54) is 12.1 Å². The minimum Gasteiger partial charge on any atom is -0.744 e. The van der Waals surface area contributed by atoms with Gasteiger partial charge < -0.3 is 14.8 Å². The van der Waals surface area contributed by atoms with Crippen LogP contribution in [0.5, 0.6) is 0 Å². The van der Waals surface area contributed by atoms with Crippen LogP contribution in [0.4, 0.5) is 5.69 Å². The smallest absolute Gasteiger partial charge is 0.744 e. The fourth-order valence-electron chi connectivity index (χ4n) is 1.73. The predicted octanol–water partition coefficient (Wildman–Crippen LogP) is -5.76. The van der Waals surface area contributed by atoms with E-state index in [0.29, 0.717) is 0 Å². The summed E-state index contributed by atoms with van der Waals surface area (Å²) in [5, 5.41) is 0.1000. The maximum Gasteiger partial charge on any atom is 1.00 e. The average Bonchev–Trinajstić information content (AvgIpc) is 2.24. The van der Waals surface area contributed by atoms with Crippen molar-refractivity contribution < 1.29 is 85.1 Å². The van der Waals surface area contributed by atoms with E-state index in [4.69, 9.17) is 5.73 Å². The largest absolute Gasteiger partial charge is 1.00 e. The van der Waals surface area contributed by atoms with Crippen molar-refractivity contribution >= 4 is 36.7 Å². The SMILES string of the molecule is Nc1cc2cccc(S(=O)(=O)[O-])c2cc1S(=O)(=O)[O-].[Na+].[Na+]. The number of fused-ring (bicyclic) bond motifs is 1. The molecule has 2 aromatic rings. The van der Waals surface area contributed by atoms with Crippen molar-refractivity contribution in [1.82, 2.24) is 0 Å². The molecule has 7 nitrogen and oxygen atoms in total. The molecule has 0 spiro atoms. The van der Waals surface area contributed by atoms with Crippen molar-refractivity contribution in [1.29, 1.82) is 0 Å². The summed E-state index contributed by atoms with van der Waals surface area (Å²) in [7, 11) is -9.65. The van der Waals surface area contributed by atoms with Crippen LogP contribution < -0.4 is 64.8 Å². The summed E-state index contributed by atoms with van der Waals surface area (Å²) in [4.78, 5) is -1.36. The van der Waals surface area contributed by atoms with Crippen molar-refractivity contribution in [3.05, 3.63) is 30.3 Å². The van der Waals surface area contributed by atoms with Gasteiger partial charge in [0.2, 0.25) is 0 Å². The molecule has 21 heavy (non-hydrogen) atoms. The van der Waals surface area contributed by atoms with Crippen LogP contribution in [0.25, 0.3) is 10.8 Å². The zero-order chi connectivity index (χ0) is 14.4. The third kappa shape index (κ3) is 4.64. The summed E-state index contributed by atoms with van der Waals surface area (Å²) in [6, 6.07) is 5.73. The molecule has 0 fully saturated rings. The molecule has 0 aliphatic rings. The van der Waals surface area contributed by atoms with Gasteiger partial charge in [-0.3, -0.25) is 0 Å². The van der Waals surface area contributed by atoms with Crippen LogP contribution in [0.2, 0.25) is 0 Å². The van der Waals surface area contributed by atoms with Gasteiger partial charge in [0.15, 0.2) is 0 Å². The molecule has 2 rings (SSSR count). The molecule has 0 aliphatic carbocycles. The van der Waals surface area contributed by atoms with Crippen molar-refractivity contribution in [2.24, 2.45) is 0 Å². The molecule has 0 bridgehead atoms. The fourth-order valence-corrected chi connectivity index (χ4v) is 3.03. The normalized spacial score (nSPS) is 11.5. The first-order valence-electron chi connectivity index (χ1n) is 4.85. The van der Waals surface area contributed by atoms with Gasteiger partial charge in [0, 0.05) is 11.1 Å². The van der Waals surface area contributed by atoms with Gasteiger partial charge in [-0.15, -0.1) is 0 Å². The minimum absolute atomic E-state index is 0. The van der Waals surface area contributed by atoms with E-state index in [9.17, 15) is 25.9 Å². The zero-order valence-corrected chi connectivity index (χ0v) is 16.9. The van der Waals surface area contributed by atoms with E-state index >= 15 is 0 Å². The predicted molar refractivity (Wildman–Crippen MR) is 64.3 cm³/mol. The number of hydrogen-bond donors (Lipinski definition) is 1. The average molecular weight is 347 g/mol. The molecule has 0 saturated carbocycles. The molecule has 2 aromatic carbocycles. The third-order valence-corrected chi connectivity index (χ3v) is 4.30. The van der Waals surface area contributed by atoms with E-state index in [1.807, 2.05) is 0 Å². The van der Waals surface area contributed by atoms with Crippen LogP contribution in [0, 0.1) is 0 Å². The van der Waals surface area contributed by atoms with Gasteiger partial charge in [-0.2, -0.15) is 0 Å². The summed E-state index contributed by atoms with van der Waals surface area (Å²) >= 11 is 0. The molecule has 0 radical (unpaired) electrons. The van der Waals surface area contributed by atoms with Crippen LogP contribution in [0.15, 0.2) is 40.1 Å². The Morgan fingerprint density at radius 1 is 0.857 bits per heavy atom. The summed E-state index contributed by atoms with van der Waals surface area (Å²) < 4.78 is 66.2. The van der Waals surface area contributed by atoms with Gasteiger partial charge in [0.05, 0.1) is 9.79 Å². The molecule has 0 atom stereocenters. The van der Waals surface area contributed by atoms with Crippen molar-refractivity contribution in [3.63, 3.8) is 0 Å². The van der Waals surface area contributed by atoms with E-state index in [1.54, 1.807) is 0 Å². The Bertz CT molecular complexity index is 880. The molecule has 0 heterocycles. The van der Waals surface area contributed by atoms with Gasteiger partial charge in [-0.1, -0.05) is 12.1 Å². The van der Waals surface area contributed by atoms with Crippen molar-refractivity contribution in [2.75, 3.05) is 5.73 Å². The summed E-state index contributed by atoms with van der Waals surface area (Å²) in [6.45, 7) is 0. The molecular formula is C10H7NNa2O6S2. The number of anilines is 1. The topological polar surface area (TPSA) is 140 Å². The van der Waals surface area contributed by atoms with E-state index in [0.717, 1.165) is 18.2 Å². The molecule has 0 aliphatic heterocycles. The number of nitrogen functional groups attached to an aromatic ring is 1. The minimum atomic E-state index is -4.86. The zero-order valence-electron chi connectivity index (χ0n) is 11.2. The molecule has 0 aromatic heterocycles. The Kier molecular flexibility index (Phi) is 7.37. The van der Waals surface area contributed by atoms with Crippen molar-refractivity contribution in [3.8, 4) is 0 Å². The standard InChI is InChI=1S/C10H9NO6S2.2Na/c11-8-4-6-2-1-3-9(18(12,13)14)7(6)5-10(8)19(15,16)17;;/h1-5H,11H2,(H,12,13,14)(H,15,16,17);;/q;2*+1/p-2. The Hall–Kier alpha value is 0.320. The molecule has 2 N–H and O–H groups in total. The molecule has 0 saturated heterocycles. The van der Waals surface area contributed by atoms with Crippen LogP contribution in [-0.2, 0) is 20.2 Å². The third-order valence-electron chi connectivity index (χ3n) is 2.51. The molecular weight excluding hydrogens is 340 g/mol. The van der Waals surface area contributed by atoms with Gasteiger partial charge in [0.25, 0.3) is 0 Å². The van der Waals surface area contributed by atoms with E-state index in [2.05, 4.69) is 0 Å². The first-order chi connectivity index (χ1) is 8.60. The number of rotatable bonds is 2. The molecule has 102 valence electrons. The van der Waals surface area contributed by atoms with Gasteiger partial charge in [0.1, 0.15) is 20.2 Å². The molecule has 0 unspecified atom stereocenters. The maximum absolute atomic E-state index is 11.1. The Balaban J connectivity index is 0.00000200. The van der Waals surface area contributed by atoms with Crippen LogP contribution >= 0.6 is 0 Å². The number of hydrogen-bond acceptors (Lipinski definition) is 7. The van der Waals surface area contributed by atoms with Gasteiger partial charge >= 0.3 is 59.1 Å². The Morgan fingerprint density at radius 3 is 1.86 bits per heavy atom. The fraction of sp³-hybridized carbons (Fsp3) is 0. The van der Waals surface area contributed by atoms with Crippen molar-refractivity contribution in [2.45, 2.75) is 9.79 Å². The number of nitrogens with two attached hydrogens (primary N) is 1. The molecule has 0 amide bonds. The second-order valence-electron chi connectivity index (χ2n) is 3.78. The Morgan fingerprint density at radius 2 is 1.38 bits per heavy atom. The van der Waals surface area contributed by atoms with Gasteiger partial charge in [-0.05, 0) is 23.6 Å². The van der Waals surface area contributed by atoms with Gasteiger partial charge in [-0.25, -0.2) is 16.8 Å².